The number of rotatable bonds is 3. The SMILES string of the molecule is ClCc1ccc(OC2CCOC2)cc1. The lowest BCUT2D eigenvalue weighted by Crippen LogP contribution is -2.15. The van der Waals surface area contributed by atoms with Gasteiger partial charge in [-0.3, -0.25) is 0 Å². The van der Waals surface area contributed by atoms with Gasteiger partial charge in [0.15, 0.2) is 0 Å². The molecule has 76 valence electrons. The third-order valence-corrected chi connectivity index (χ3v) is 2.58. The van der Waals surface area contributed by atoms with Crippen molar-refractivity contribution in [2.75, 3.05) is 13.2 Å². The summed E-state index contributed by atoms with van der Waals surface area (Å²) in [7, 11) is 0. The zero-order chi connectivity index (χ0) is 9.80. The quantitative estimate of drug-likeness (QED) is 0.718. The number of halogens is 1. The van der Waals surface area contributed by atoms with Crippen LogP contribution in [0.3, 0.4) is 0 Å². The molecule has 2 nitrogen and oxygen atoms in total. The largest absolute Gasteiger partial charge is 0.488 e. The molecule has 1 atom stereocenters. The fourth-order valence-corrected chi connectivity index (χ4v) is 1.63. The molecule has 1 aliphatic heterocycles. The Kier molecular flexibility index (Phi) is 3.27. The van der Waals surface area contributed by atoms with Gasteiger partial charge in [0.25, 0.3) is 0 Å². The van der Waals surface area contributed by atoms with Crippen molar-refractivity contribution < 1.29 is 9.47 Å². The van der Waals surface area contributed by atoms with E-state index in [9.17, 15) is 0 Å². The second-order valence-corrected chi connectivity index (χ2v) is 3.65. The summed E-state index contributed by atoms with van der Waals surface area (Å²) in [5.41, 5.74) is 1.11. The van der Waals surface area contributed by atoms with E-state index in [2.05, 4.69) is 0 Å². The number of hydrogen-bond donors (Lipinski definition) is 0. The molecule has 2 rings (SSSR count). The topological polar surface area (TPSA) is 18.5 Å². The van der Waals surface area contributed by atoms with Gasteiger partial charge in [0.2, 0.25) is 0 Å². The molecule has 3 heteroatoms. The standard InChI is InChI=1S/C11H13ClO2/c12-7-9-1-3-10(4-2-9)14-11-5-6-13-8-11/h1-4,11H,5-8H2. The van der Waals surface area contributed by atoms with Gasteiger partial charge in [0, 0.05) is 12.3 Å². The van der Waals surface area contributed by atoms with Crippen molar-refractivity contribution in [2.45, 2.75) is 18.4 Å². The number of benzene rings is 1. The maximum atomic E-state index is 5.71. The Balaban J connectivity index is 1.95. The summed E-state index contributed by atoms with van der Waals surface area (Å²) in [6.07, 6.45) is 1.20. The van der Waals surface area contributed by atoms with Crippen LogP contribution in [-0.2, 0) is 10.6 Å². The van der Waals surface area contributed by atoms with Gasteiger partial charge >= 0.3 is 0 Å². The molecule has 0 aliphatic carbocycles. The lowest BCUT2D eigenvalue weighted by atomic mass is 10.2. The molecule has 0 saturated carbocycles. The van der Waals surface area contributed by atoms with Crippen molar-refractivity contribution in [3.63, 3.8) is 0 Å². The molecule has 1 unspecified atom stereocenters. The van der Waals surface area contributed by atoms with Crippen molar-refractivity contribution in [1.29, 1.82) is 0 Å². The van der Waals surface area contributed by atoms with Gasteiger partial charge in [-0.2, -0.15) is 0 Å². The highest BCUT2D eigenvalue weighted by atomic mass is 35.5. The van der Waals surface area contributed by atoms with Crippen LogP contribution < -0.4 is 4.74 Å². The summed E-state index contributed by atoms with van der Waals surface area (Å²) < 4.78 is 10.9. The molecule has 1 aromatic carbocycles. The first-order valence-corrected chi connectivity index (χ1v) is 5.31. The third-order valence-electron chi connectivity index (χ3n) is 2.27. The fourth-order valence-electron chi connectivity index (χ4n) is 1.46. The van der Waals surface area contributed by atoms with Crippen LogP contribution in [-0.4, -0.2) is 19.3 Å². The van der Waals surface area contributed by atoms with E-state index in [0.717, 1.165) is 24.3 Å². The van der Waals surface area contributed by atoms with E-state index in [1.807, 2.05) is 24.3 Å². The van der Waals surface area contributed by atoms with Gasteiger partial charge in [-0.25, -0.2) is 0 Å². The molecule has 0 bridgehead atoms. The summed E-state index contributed by atoms with van der Waals surface area (Å²) in [5.74, 6) is 1.45. The molecular formula is C11H13ClO2. The van der Waals surface area contributed by atoms with Gasteiger partial charge in [0.05, 0.1) is 13.2 Å². The first-order valence-electron chi connectivity index (χ1n) is 4.78. The lowest BCUT2D eigenvalue weighted by molar-refractivity contribution is 0.141. The van der Waals surface area contributed by atoms with E-state index in [0.29, 0.717) is 12.5 Å². The molecule has 1 aromatic rings. The van der Waals surface area contributed by atoms with Crippen molar-refractivity contribution >= 4 is 11.6 Å². The molecule has 1 saturated heterocycles. The van der Waals surface area contributed by atoms with E-state index in [4.69, 9.17) is 21.1 Å². The first kappa shape index (κ1) is 9.81. The molecule has 0 spiro atoms. The second-order valence-electron chi connectivity index (χ2n) is 3.38. The zero-order valence-electron chi connectivity index (χ0n) is 7.91. The Hall–Kier alpha value is -0.730. The van der Waals surface area contributed by atoms with Crippen LogP contribution in [0.25, 0.3) is 0 Å². The zero-order valence-corrected chi connectivity index (χ0v) is 8.67. The Morgan fingerprint density at radius 2 is 2.14 bits per heavy atom. The summed E-state index contributed by atoms with van der Waals surface area (Å²) >= 11 is 5.69. The second kappa shape index (κ2) is 4.67. The van der Waals surface area contributed by atoms with Gasteiger partial charge in [-0.15, -0.1) is 11.6 Å². The Bertz CT molecular complexity index is 278. The first-order chi connectivity index (χ1) is 6.88. The van der Waals surface area contributed by atoms with E-state index in [1.54, 1.807) is 0 Å². The highest BCUT2D eigenvalue weighted by Gasteiger charge is 2.16. The number of hydrogen-bond acceptors (Lipinski definition) is 2. The Labute approximate surface area is 88.8 Å². The Morgan fingerprint density at radius 1 is 1.36 bits per heavy atom. The minimum absolute atomic E-state index is 0.219. The molecule has 0 amide bonds. The van der Waals surface area contributed by atoms with Gasteiger partial charge in [0.1, 0.15) is 11.9 Å². The highest BCUT2D eigenvalue weighted by Crippen LogP contribution is 2.18. The van der Waals surface area contributed by atoms with Gasteiger partial charge in [-0.05, 0) is 17.7 Å². The predicted molar refractivity (Wildman–Crippen MR) is 55.9 cm³/mol. The molecule has 1 fully saturated rings. The average Bonchev–Trinajstić information content (AvgIpc) is 2.72. The molecule has 0 radical (unpaired) electrons. The smallest absolute Gasteiger partial charge is 0.124 e. The maximum absolute atomic E-state index is 5.71. The number of ether oxygens (including phenoxy) is 2. The normalized spacial score (nSPS) is 21.1. The van der Waals surface area contributed by atoms with Crippen LogP contribution in [0, 0.1) is 0 Å². The molecule has 1 aliphatic rings. The van der Waals surface area contributed by atoms with Crippen molar-refractivity contribution in [1.82, 2.24) is 0 Å². The van der Waals surface area contributed by atoms with E-state index >= 15 is 0 Å². The van der Waals surface area contributed by atoms with Gasteiger partial charge < -0.3 is 9.47 Å². The number of alkyl halides is 1. The maximum Gasteiger partial charge on any atom is 0.124 e. The van der Waals surface area contributed by atoms with E-state index < -0.39 is 0 Å². The fraction of sp³-hybridized carbons (Fsp3) is 0.455. The van der Waals surface area contributed by atoms with Crippen molar-refractivity contribution in [3.05, 3.63) is 29.8 Å². The van der Waals surface area contributed by atoms with Crippen LogP contribution in [0.5, 0.6) is 5.75 Å². The van der Waals surface area contributed by atoms with Crippen molar-refractivity contribution in [3.8, 4) is 5.75 Å². The van der Waals surface area contributed by atoms with E-state index in [1.165, 1.54) is 0 Å². The summed E-state index contributed by atoms with van der Waals surface area (Å²) in [4.78, 5) is 0. The van der Waals surface area contributed by atoms with E-state index in [-0.39, 0.29) is 6.10 Å². The summed E-state index contributed by atoms with van der Waals surface area (Å²) in [6, 6.07) is 7.88. The van der Waals surface area contributed by atoms with Crippen LogP contribution in [0.15, 0.2) is 24.3 Å². The monoisotopic (exact) mass is 212 g/mol. The summed E-state index contributed by atoms with van der Waals surface area (Å²) in [5, 5.41) is 0. The Morgan fingerprint density at radius 3 is 2.71 bits per heavy atom. The molecular weight excluding hydrogens is 200 g/mol. The van der Waals surface area contributed by atoms with Gasteiger partial charge in [-0.1, -0.05) is 12.1 Å². The minimum atomic E-state index is 0.219. The molecule has 14 heavy (non-hydrogen) atoms. The third kappa shape index (κ3) is 2.40. The van der Waals surface area contributed by atoms with Crippen LogP contribution in [0.4, 0.5) is 0 Å². The predicted octanol–water partition coefficient (Wildman–Crippen LogP) is 2.59. The summed E-state index contributed by atoms with van der Waals surface area (Å²) in [6.45, 7) is 1.52. The van der Waals surface area contributed by atoms with Crippen LogP contribution in [0.1, 0.15) is 12.0 Å². The minimum Gasteiger partial charge on any atom is -0.488 e. The molecule has 1 heterocycles. The molecule has 0 aromatic heterocycles. The lowest BCUT2D eigenvalue weighted by Gasteiger charge is -2.11. The van der Waals surface area contributed by atoms with Crippen LogP contribution >= 0.6 is 11.6 Å². The molecule has 0 N–H and O–H groups in total. The van der Waals surface area contributed by atoms with Crippen molar-refractivity contribution in [2.24, 2.45) is 0 Å². The average molecular weight is 213 g/mol. The highest BCUT2D eigenvalue weighted by molar-refractivity contribution is 6.17. The van der Waals surface area contributed by atoms with Crippen LogP contribution in [0.2, 0.25) is 0 Å².